The number of carbonyl (C=O) groups excluding carboxylic acids is 2. The van der Waals surface area contributed by atoms with E-state index in [-0.39, 0.29) is 24.3 Å². The molecule has 0 bridgehead atoms. The molecule has 2 aliphatic rings. The Morgan fingerprint density at radius 3 is 2.80 bits per heavy atom. The number of carbonyl (C=O) groups is 2. The van der Waals surface area contributed by atoms with Gasteiger partial charge in [-0.25, -0.2) is 0 Å². The molecule has 1 saturated carbocycles. The number of nitrogens with one attached hydrogen (secondary N) is 2. The minimum absolute atomic E-state index is 0.0262. The molecule has 0 aromatic heterocycles. The van der Waals surface area contributed by atoms with Crippen molar-refractivity contribution in [3.8, 4) is 0 Å². The molecule has 1 aliphatic heterocycles. The highest BCUT2D eigenvalue weighted by Gasteiger charge is 2.34. The van der Waals surface area contributed by atoms with Crippen molar-refractivity contribution < 1.29 is 14.3 Å². The van der Waals surface area contributed by atoms with Crippen LogP contribution in [0.15, 0.2) is 0 Å². The second kappa shape index (κ2) is 7.62. The average molecular weight is 282 g/mol. The number of rotatable bonds is 5. The topological polar surface area (TPSA) is 67.4 Å². The molecule has 3 unspecified atom stereocenters. The molecular formula is C15H26N2O3. The van der Waals surface area contributed by atoms with E-state index in [2.05, 4.69) is 10.6 Å². The van der Waals surface area contributed by atoms with Gasteiger partial charge in [0.1, 0.15) is 0 Å². The van der Waals surface area contributed by atoms with E-state index in [4.69, 9.17) is 4.74 Å². The van der Waals surface area contributed by atoms with Crippen molar-refractivity contribution in [3.63, 3.8) is 0 Å². The maximum Gasteiger partial charge on any atom is 0.307 e. The van der Waals surface area contributed by atoms with Crippen molar-refractivity contribution in [1.29, 1.82) is 0 Å². The van der Waals surface area contributed by atoms with Crippen molar-refractivity contribution >= 4 is 11.9 Å². The van der Waals surface area contributed by atoms with Crippen molar-refractivity contribution in [2.45, 2.75) is 64.0 Å². The van der Waals surface area contributed by atoms with Gasteiger partial charge in [-0.05, 0) is 38.5 Å². The van der Waals surface area contributed by atoms with Crippen LogP contribution in [-0.2, 0) is 14.3 Å². The van der Waals surface area contributed by atoms with E-state index in [0.717, 1.165) is 18.8 Å². The van der Waals surface area contributed by atoms with Gasteiger partial charge in [-0.15, -0.1) is 0 Å². The van der Waals surface area contributed by atoms with Crippen LogP contribution in [0.2, 0.25) is 0 Å². The van der Waals surface area contributed by atoms with E-state index in [1.54, 1.807) is 6.92 Å². The van der Waals surface area contributed by atoms with Crippen molar-refractivity contribution in [2.75, 3.05) is 13.2 Å². The van der Waals surface area contributed by atoms with Gasteiger partial charge in [-0.2, -0.15) is 0 Å². The highest BCUT2D eigenvalue weighted by molar-refractivity contribution is 5.82. The monoisotopic (exact) mass is 282 g/mol. The first-order chi connectivity index (χ1) is 9.70. The summed E-state index contributed by atoms with van der Waals surface area (Å²) in [6, 6.07) is 0.426. The summed E-state index contributed by atoms with van der Waals surface area (Å²) < 4.78 is 4.83. The number of amides is 1. The van der Waals surface area contributed by atoms with Gasteiger partial charge in [-0.3, -0.25) is 9.59 Å². The van der Waals surface area contributed by atoms with Crippen LogP contribution in [0, 0.1) is 5.92 Å². The van der Waals surface area contributed by atoms with Crippen LogP contribution in [0.3, 0.4) is 0 Å². The van der Waals surface area contributed by atoms with Crippen LogP contribution in [0.5, 0.6) is 0 Å². The van der Waals surface area contributed by atoms with E-state index in [0.29, 0.717) is 19.2 Å². The molecule has 2 rings (SSSR count). The number of ether oxygens (including phenoxy) is 1. The van der Waals surface area contributed by atoms with Crippen LogP contribution < -0.4 is 10.6 Å². The third kappa shape index (κ3) is 4.20. The lowest BCUT2D eigenvalue weighted by Gasteiger charge is -2.39. The molecule has 1 aliphatic carbocycles. The lowest BCUT2D eigenvalue weighted by Crippen LogP contribution is -2.55. The summed E-state index contributed by atoms with van der Waals surface area (Å²) >= 11 is 0. The summed E-state index contributed by atoms with van der Waals surface area (Å²) in [4.78, 5) is 23.3. The minimum Gasteiger partial charge on any atom is -0.466 e. The molecule has 5 heteroatoms. The Kier molecular flexibility index (Phi) is 5.83. The number of hydrogen-bond acceptors (Lipinski definition) is 4. The molecule has 20 heavy (non-hydrogen) atoms. The Morgan fingerprint density at radius 2 is 2.00 bits per heavy atom. The molecule has 0 radical (unpaired) electrons. The third-order valence-electron chi connectivity index (χ3n) is 4.40. The quantitative estimate of drug-likeness (QED) is 0.747. The smallest absolute Gasteiger partial charge is 0.307 e. The molecule has 1 amide bonds. The predicted molar refractivity (Wildman–Crippen MR) is 76.2 cm³/mol. The van der Waals surface area contributed by atoms with Crippen molar-refractivity contribution in [3.05, 3.63) is 0 Å². The van der Waals surface area contributed by atoms with Gasteiger partial charge in [0.15, 0.2) is 0 Å². The SMILES string of the molecule is CCOC(=O)CCNC(=O)C1CCC2CCCCC2N1. The van der Waals surface area contributed by atoms with E-state index in [1.807, 2.05) is 0 Å². The zero-order valence-corrected chi connectivity index (χ0v) is 12.3. The fraction of sp³-hybridized carbons (Fsp3) is 0.867. The molecule has 1 saturated heterocycles. The van der Waals surface area contributed by atoms with E-state index in [1.165, 1.54) is 25.7 Å². The zero-order chi connectivity index (χ0) is 14.4. The molecule has 2 fully saturated rings. The van der Waals surface area contributed by atoms with Crippen LogP contribution in [0.4, 0.5) is 0 Å². The first-order valence-corrected chi connectivity index (χ1v) is 7.90. The van der Waals surface area contributed by atoms with Gasteiger partial charge >= 0.3 is 5.97 Å². The van der Waals surface area contributed by atoms with Crippen molar-refractivity contribution in [2.24, 2.45) is 5.92 Å². The summed E-state index contributed by atoms with van der Waals surface area (Å²) in [6.07, 6.45) is 7.40. The summed E-state index contributed by atoms with van der Waals surface area (Å²) in [5, 5.41) is 6.33. The van der Waals surface area contributed by atoms with Gasteiger partial charge in [0.05, 0.1) is 19.1 Å². The number of piperidine rings is 1. The standard InChI is InChI=1S/C15H26N2O3/c1-2-20-14(18)9-10-16-15(19)13-8-7-11-5-3-4-6-12(11)17-13/h11-13,17H,2-10H2,1H3,(H,16,19). The van der Waals surface area contributed by atoms with Crippen LogP contribution in [-0.4, -0.2) is 37.1 Å². The molecule has 0 spiro atoms. The number of fused-ring (bicyclic) bond motifs is 1. The molecule has 5 nitrogen and oxygen atoms in total. The van der Waals surface area contributed by atoms with Gasteiger partial charge in [0.2, 0.25) is 5.91 Å². The first-order valence-electron chi connectivity index (χ1n) is 7.90. The molecule has 3 atom stereocenters. The Labute approximate surface area is 120 Å². The van der Waals surface area contributed by atoms with E-state index in [9.17, 15) is 9.59 Å². The minimum atomic E-state index is -0.253. The highest BCUT2D eigenvalue weighted by atomic mass is 16.5. The first kappa shape index (κ1) is 15.3. The third-order valence-corrected chi connectivity index (χ3v) is 4.40. The van der Waals surface area contributed by atoms with Crippen LogP contribution in [0.1, 0.15) is 51.9 Å². The molecule has 2 N–H and O–H groups in total. The number of esters is 1. The molecule has 0 aromatic rings. The zero-order valence-electron chi connectivity index (χ0n) is 12.3. The Morgan fingerprint density at radius 1 is 1.20 bits per heavy atom. The van der Waals surface area contributed by atoms with Crippen molar-refractivity contribution in [1.82, 2.24) is 10.6 Å². The predicted octanol–water partition coefficient (Wildman–Crippen LogP) is 1.37. The largest absolute Gasteiger partial charge is 0.466 e. The molecule has 1 heterocycles. The Balaban J connectivity index is 1.69. The van der Waals surface area contributed by atoms with Gasteiger partial charge in [-0.1, -0.05) is 12.8 Å². The Hall–Kier alpha value is -1.10. The second-order valence-electron chi connectivity index (χ2n) is 5.79. The van der Waals surface area contributed by atoms with Crippen LogP contribution in [0.25, 0.3) is 0 Å². The summed E-state index contributed by atoms with van der Waals surface area (Å²) in [7, 11) is 0. The van der Waals surface area contributed by atoms with Gasteiger partial charge in [0.25, 0.3) is 0 Å². The molecular weight excluding hydrogens is 256 g/mol. The Bertz CT molecular complexity index is 346. The summed E-state index contributed by atoms with van der Waals surface area (Å²) in [6.45, 7) is 2.53. The van der Waals surface area contributed by atoms with Gasteiger partial charge < -0.3 is 15.4 Å². The highest BCUT2D eigenvalue weighted by Crippen LogP contribution is 2.32. The summed E-state index contributed by atoms with van der Waals surface area (Å²) in [5.74, 6) is 0.530. The van der Waals surface area contributed by atoms with Gasteiger partial charge in [0, 0.05) is 12.6 Å². The maximum absolute atomic E-state index is 12.1. The average Bonchev–Trinajstić information content (AvgIpc) is 2.47. The lowest BCUT2D eigenvalue weighted by molar-refractivity contribution is -0.143. The van der Waals surface area contributed by atoms with E-state index >= 15 is 0 Å². The maximum atomic E-state index is 12.1. The van der Waals surface area contributed by atoms with Crippen LogP contribution >= 0.6 is 0 Å². The molecule has 114 valence electrons. The second-order valence-corrected chi connectivity index (χ2v) is 5.79. The lowest BCUT2D eigenvalue weighted by atomic mass is 9.77. The van der Waals surface area contributed by atoms with E-state index < -0.39 is 0 Å². The number of hydrogen-bond donors (Lipinski definition) is 2. The molecule has 0 aromatic carbocycles. The summed E-state index contributed by atoms with van der Waals surface area (Å²) in [5.41, 5.74) is 0. The normalized spacial score (nSPS) is 29.4. The fourth-order valence-corrected chi connectivity index (χ4v) is 3.35. The fourth-order valence-electron chi connectivity index (χ4n) is 3.35.